The maximum Gasteiger partial charge on any atom is 0.313 e. The fraction of sp³-hybridized carbons (Fsp3) is 0.786. The molecule has 6 heteroatoms. The summed E-state index contributed by atoms with van der Waals surface area (Å²) < 4.78 is 1.67. The first kappa shape index (κ1) is 16.6. The Balaban J connectivity index is 3.06. The first-order chi connectivity index (χ1) is 9.40. The lowest BCUT2D eigenvalue weighted by Gasteiger charge is -2.17. The summed E-state index contributed by atoms with van der Waals surface area (Å²) in [6.45, 7) is 6.32. The van der Waals surface area contributed by atoms with Gasteiger partial charge >= 0.3 is 5.69 Å². The molecule has 0 saturated carbocycles. The van der Waals surface area contributed by atoms with E-state index in [1.807, 2.05) is 14.0 Å². The zero-order valence-electron chi connectivity index (χ0n) is 13.1. The molecule has 0 aliphatic carbocycles. The van der Waals surface area contributed by atoms with E-state index in [1.165, 1.54) is 0 Å². The van der Waals surface area contributed by atoms with Crippen LogP contribution < -0.4 is 5.32 Å². The molecule has 1 rings (SSSR count). The maximum absolute atomic E-state index is 11.4. The van der Waals surface area contributed by atoms with Crippen LogP contribution in [0.4, 0.5) is 5.69 Å². The minimum Gasteiger partial charge on any atom is -0.317 e. The normalized spacial score (nSPS) is 12.9. The van der Waals surface area contributed by atoms with E-state index in [-0.39, 0.29) is 16.7 Å². The molecule has 0 spiro atoms. The molecule has 1 atom stereocenters. The number of nitrogens with one attached hydrogen (secondary N) is 1. The SMILES string of the molecule is CCCc1nn(C)c(CC(CC(C)C)NC)c1[N+](=O)[O-]. The van der Waals surface area contributed by atoms with Gasteiger partial charge in [0.15, 0.2) is 0 Å². The molecule has 1 N–H and O–H groups in total. The molecular formula is C14H26N4O2. The predicted octanol–water partition coefficient (Wildman–Crippen LogP) is 2.46. The highest BCUT2D eigenvalue weighted by Crippen LogP contribution is 2.26. The molecule has 0 amide bonds. The van der Waals surface area contributed by atoms with Gasteiger partial charge in [0.25, 0.3) is 0 Å². The van der Waals surface area contributed by atoms with E-state index in [4.69, 9.17) is 0 Å². The Kier molecular flexibility index (Phi) is 6.13. The molecule has 114 valence electrons. The van der Waals surface area contributed by atoms with Crippen molar-refractivity contribution < 1.29 is 4.92 Å². The molecule has 0 aliphatic rings. The van der Waals surface area contributed by atoms with E-state index >= 15 is 0 Å². The number of hydrogen-bond donors (Lipinski definition) is 1. The Morgan fingerprint density at radius 3 is 2.55 bits per heavy atom. The predicted molar refractivity (Wildman–Crippen MR) is 79.9 cm³/mol. The summed E-state index contributed by atoms with van der Waals surface area (Å²) in [4.78, 5) is 11.1. The topological polar surface area (TPSA) is 73.0 Å². The van der Waals surface area contributed by atoms with E-state index in [1.54, 1.807) is 11.7 Å². The smallest absolute Gasteiger partial charge is 0.313 e. The minimum atomic E-state index is -0.282. The van der Waals surface area contributed by atoms with Crippen molar-refractivity contribution in [1.82, 2.24) is 15.1 Å². The van der Waals surface area contributed by atoms with Gasteiger partial charge in [-0.05, 0) is 25.8 Å². The summed E-state index contributed by atoms with van der Waals surface area (Å²) in [5.74, 6) is 0.551. The lowest BCUT2D eigenvalue weighted by molar-refractivity contribution is -0.386. The minimum absolute atomic E-state index is 0.207. The van der Waals surface area contributed by atoms with E-state index in [2.05, 4.69) is 24.3 Å². The molecule has 1 aromatic heterocycles. The Hall–Kier alpha value is -1.43. The summed E-state index contributed by atoms with van der Waals surface area (Å²) in [5, 5.41) is 18.9. The molecule has 0 aromatic carbocycles. The fourth-order valence-electron chi connectivity index (χ4n) is 2.56. The van der Waals surface area contributed by atoms with Crippen LogP contribution in [0.5, 0.6) is 0 Å². The van der Waals surface area contributed by atoms with Crippen molar-refractivity contribution in [2.75, 3.05) is 7.05 Å². The summed E-state index contributed by atoms with van der Waals surface area (Å²) >= 11 is 0. The van der Waals surface area contributed by atoms with Crippen LogP contribution in [0.3, 0.4) is 0 Å². The maximum atomic E-state index is 11.4. The summed E-state index contributed by atoms with van der Waals surface area (Å²) in [5.41, 5.74) is 1.53. The van der Waals surface area contributed by atoms with Gasteiger partial charge in [-0.25, -0.2) is 0 Å². The van der Waals surface area contributed by atoms with Gasteiger partial charge in [0.05, 0.1) is 4.92 Å². The van der Waals surface area contributed by atoms with Crippen molar-refractivity contribution in [3.05, 3.63) is 21.5 Å². The van der Waals surface area contributed by atoms with Crippen LogP contribution in [0.15, 0.2) is 0 Å². The third-order valence-electron chi connectivity index (χ3n) is 3.48. The van der Waals surface area contributed by atoms with Crippen molar-refractivity contribution in [2.45, 2.75) is 52.5 Å². The molecule has 0 aliphatic heterocycles. The number of nitro groups is 1. The van der Waals surface area contributed by atoms with Crippen molar-refractivity contribution >= 4 is 5.69 Å². The number of aromatic nitrogens is 2. The molecule has 1 heterocycles. The van der Waals surface area contributed by atoms with Crippen molar-refractivity contribution in [2.24, 2.45) is 13.0 Å². The highest BCUT2D eigenvalue weighted by atomic mass is 16.6. The standard InChI is InChI=1S/C14H26N4O2/c1-6-7-12-14(18(19)20)13(17(5)16-12)9-11(15-4)8-10(2)3/h10-11,15H,6-9H2,1-5H3. The number of hydrogen-bond acceptors (Lipinski definition) is 4. The van der Waals surface area contributed by atoms with E-state index in [0.717, 1.165) is 18.5 Å². The van der Waals surface area contributed by atoms with Gasteiger partial charge in [0.1, 0.15) is 11.4 Å². The second kappa shape index (κ2) is 7.38. The molecule has 6 nitrogen and oxygen atoms in total. The lowest BCUT2D eigenvalue weighted by Crippen LogP contribution is -2.30. The second-order valence-electron chi connectivity index (χ2n) is 5.69. The van der Waals surface area contributed by atoms with E-state index in [0.29, 0.717) is 24.5 Å². The molecule has 0 bridgehead atoms. The van der Waals surface area contributed by atoms with Crippen LogP contribution in [0.2, 0.25) is 0 Å². The number of likely N-dealkylation sites (N-methyl/N-ethyl adjacent to an activating group) is 1. The average molecular weight is 282 g/mol. The average Bonchev–Trinajstić information content (AvgIpc) is 2.65. The number of aryl methyl sites for hydroxylation is 2. The molecule has 1 unspecified atom stereocenters. The summed E-state index contributed by atoms with van der Waals surface area (Å²) in [7, 11) is 3.70. The highest BCUT2D eigenvalue weighted by Gasteiger charge is 2.27. The van der Waals surface area contributed by atoms with Crippen LogP contribution >= 0.6 is 0 Å². The fourth-order valence-corrected chi connectivity index (χ4v) is 2.56. The Morgan fingerprint density at radius 2 is 2.10 bits per heavy atom. The molecule has 0 radical (unpaired) electrons. The van der Waals surface area contributed by atoms with Crippen LogP contribution in [0.25, 0.3) is 0 Å². The zero-order valence-corrected chi connectivity index (χ0v) is 13.1. The molecule has 0 fully saturated rings. The first-order valence-corrected chi connectivity index (χ1v) is 7.27. The molecule has 20 heavy (non-hydrogen) atoms. The highest BCUT2D eigenvalue weighted by molar-refractivity contribution is 5.42. The van der Waals surface area contributed by atoms with Crippen molar-refractivity contribution in [1.29, 1.82) is 0 Å². The van der Waals surface area contributed by atoms with Crippen molar-refractivity contribution in [3.8, 4) is 0 Å². The van der Waals surface area contributed by atoms with Gasteiger partial charge in [-0.2, -0.15) is 5.10 Å². The Labute approximate surface area is 120 Å². The van der Waals surface area contributed by atoms with Crippen LogP contribution in [0, 0.1) is 16.0 Å². The van der Waals surface area contributed by atoms with Gasteiger partial charge in [-0.3, -0.25) is 14.8 Å². The van der Waals surface area contributed by atoms with Gasteiger partial charge in [0, 0.05) is 19.5 Å². The Morgan fingerprint density at radius 1 is 1.45 bits per heavy atom. The molecule has 0 saturated heterocycles. The first-order valence-electron chi connectivity index (χ1n) is 7.27. The van der Waals surface area contributed by atoms with Gasteiger partial charge in [0.2, 0.25) is 0 Å². The van der Waals surface area contributed by atoms with E-state index in [9.17, 15) is 10.1 Å². The van der Waals surface area contributed by atoms with Gasteiger partial charge in [-0.15, -0.1) is 0 Å². The number of rotatable bonds is 8. The third kappa shape index (κ3) is 4.03. The van der Waals surface area contributed by atoms with E-state index < -0.39 is 0 Å². The van der Waals surface area contributed by atoms with Crippen LogP contribution in [-0.2, 0) is 19.9 Å². The second-order valence-corrected chi connectivity index (χ2v) is 5.69. The quantitative estimate of drug-likeness (QED) is 0.587. The summed E-state index contributed by atoms with van der Waals surface area (Å²) in [6, 6.07) is 0.235. The molecule has 1 aromatic rings. The third-order valence-corrected chi connectivity index (χ3v) is 3.48. The lowest BCUT2D eigenvalue weighted by atomic mass is 9.99. The monoisotopic (exact) mass is 282 g/mol. The largest absolute Gasteiger partial charge is 0.317 e. The molecular weight excluding hydrogens is 256 g/mol. The van der Waals surface area contributed by atoms with Crippen molar-refractivity contribution in [3.63, 3.8) is 0 Å². The summed E-state index contributed by atoms with van der Waals surface area (Å²) in [6.07, 6.45) is 3.14. The van der Waals surface area contributed by atoms with Gasteiger partial charge in [-0.1, -0.05) is 27.2 Å². The van der Waals surface area contributed by atoms with Crippen LogP contribution in [-0.4, -0.2) is 27.8 Å². The Bertz CT molecular complexity index is 454. The van der Waals surface area contributed by atoms with Gasteiger partial charge < -0.3 is 5.32 Å². The van der Waals surface area contributed by atoms with Crippen LogP contribution in [0.1, 0.15) is 45.0 Å². The number of nitrogens with zero attached hydrogens (tertiary/aromatic N) is 3. The zero-order chi connectivity index (χ0) is 15.3.